The third-order valence-electron chi connectivity index (χ3n) is 1.23. The topological polar surface area (TPSA) is 38.9 Å². The molecule has 0 radical (unpaired) electrons. The van der Waals surface area contributed by atoms with Gasteiger partial charge in [-0.2, -0.15) is 0 Å². The molecule has 2 nitrogen and oxygen atoms in total. The van der Waals surface area contributed by atoms with Crippen molar-refractivity contribution >= 4 is 40.4 Å². The quantitative estimate of drug-likeness (QED) is 0.614. The first-order valence-electron chi connectivity index (χ1n) is 3.18. The molecular weight excluding hydrogens is 215 g/mol. The lowest BCUT2D eigenvalue weighted by molar-refractivity contribution is 1.22. The van der Waals surface area contributed by atoms with E-state index in [-0.39, 0.29) is 0 Å². The molecule has 0 aliphatic carbocycles. The van der Waals surface area contributed by atoms with Gasteiger partial charge in [-0.05, 0) is 11.6 Å². The zero-order valence-corrected chi connectivity index (χ0v) is 8.38. The summed E-state index contributed by atoms with van der Waals surface area (Å²) in [6.07, 6.45) is 2.10. The molecule has 0 saturated carbocycles. The van der Waals surface area contributed by atoms with Crippen molar-refractivity contribution in [3.63, 3.8) is 0 Å². The number of halogens is 2. The van der Waals surface area contributed by atoms with Gasteiger partial charge < -0.3 is 5.73 Å². The second kappa shape index (κ2) is 4.03. The molecule has 64 valence electrons. The van der Waals surface area contributed by atoms with Crippen LogP contribution in [0.5, 0.6) is 0 Å². The summed E-state index contributed by atoms with van der Waals surface area (Å²) in [5.74, 6) is 0. The highest BCUT2D eigenvalue weighted by molar-refractivity contribution is 7.80. The predicted molar refractivity (Wildman–Crippen MR) is 54.7 cm³/mol. The fourth-order valence-electron chi connectivity index (χ4n) is 0.759. The average Bonchev–Trinajstić information content (AvgIpc) is 1.96. The SMILES string of the molecule is NC(=S)Cc1cnc(Cl)c(Cl)c1. The Hall–Kier alpha value is -0.380. The molecule has 0 amide bonds. The van der Waals surface area contributed by atoms with E-state index in [0.29, 0.717) is 21.6 Å². The third-order valence-corrected chi connectivity index (χ3v) is 2.06. The van der Waals surface area contributed by atoms with E-state index in [1.807, 2.05) is 0 Å². The zero-order chi connectivity index (χ0) is 9.14. The van der Waals surface area contributed by atoms with Crippen molar-refractivity contribution in [2.45, 2.75) is 6.42 Å². The number of thiocarbonyl (C=S) groups is 1. The number of nitrogens with two attached hydrogens (primary N) is 1. The molecule has 0 atom stereocenters. The number of nitrogens with zero attached hydrogens (tertiary/aromatic N) is 1. The lowest BCUT2D eigenvalue weighted by Crippen LogP contribution is -2.11. The van der Waals surface area contributed by atoms with E-state index in [1.54, 1.807) is 12.3 Å². The molecule has 0 fully saturated rings. The van der Waals surface area contributed by atoms with E-state index >= 15 is 0 Å². The lowest BCUT2D eigenvalue weighted by Gasteiger charge is -1.99. The standard InChI is InChI=1S/C7H6Cl2N2S/c8-5-1-4(2-6(10)12)3-11-7(5)9/h1,3H,2H2,(H2,10,12). The first-order valence-corrected chi connectivity index (χ1v) is 4.34. The Kier molecular flexibility index (Phi) is 3.26. The minimum Gasteiger partial charge on any atom is -0.393 e. The summed E-state index contributed by atoms with van der Waals surface area (Å²) >= 11 is 16.1. The summed E-state index contributed by atoms with van der Waals surface area (Å²) in [5.41, 5.74) is 6.21. The van der Waals surface area contributed by atoms with Gasteiger partial charge in [0, 0.05) is 12.6 Å². The van der Waals surface area contributed by atoms with E-state index < -0.39 is 0 Å². The molecular formula is C7H6Cl2N2S. The highest BCUT2D eigenvalue weighted by atomic mass is 35.5. The van der Waals surface area contributed by atoms with Crippen LogP contribution in [0, 0.1) is 0 Å². The Morgan fingerprint density at radius 3 is 2.75 bits per heavy atom. The van der Waals surface area contributed by atoms with Crippen LogP contribution in [-0.2, 0) is 6.42 Å². The third kappa shape index (κ3) is 2.59. The van der Waals surface area contributed by atoms with Crippen LogP contribution in [0.15, 0.2) is 12.3 Å². The largest absolute Gasteiger partial charge is 0.393 e. The molecule has 1 rings (SSSR count). The minimum atomic E-state index is 0.295. The molecule has 12 heavy (non-hydrogen) atoms. The molecule has 0 saturated heterocycles. The molecule has 1 aromatic rings. The van der Waals surface area contributed by atoms with Crippen LogP contribution in [0.1, 0.15) is 5.56 Å². The second-order valence-electron chi connectivity index (χ2n) is 2.26. The Labute approximate surface area is 85.7 Å². The van der Waals surface area contributed by atoms with Crippen LogP contribution in [0.4, 0.5) is 0 Å². The summed E-state index contributed by atoms with van der Waals surface area (Å²) in [5, 5.41) is 0.716. The van der Waals surface area contributed by atoms with Crippen molar-refractivity contribution < 1.29 is 0 Å². The van der Waals surface area contributed by atoms with Gasteiger partial charge in [0.1, 0.15) is 5.15 Å². The van der Waals surface area contributed by atoms with Gasteiger partial charge in [-0.3, -0.25) is 0 Å². The van der Waals surface area contributed by atoms with Crippen LogP contribution < -0.4 is 5.73 Å². The molecule has 1 aromatic heterocycles. The first-order chi connectivity index (χ1) is 5.59. The summed E-state index contributed by atoms with van der Waals surface area (Å²) in [6, 6.07) is 1.70. The number of aromatic nitrogens is 1. The maximum Gasteiger partial charge on any atom is 0.147 e. The van der Waals surface area contributed by atoms with Crippen LogP contribution >= 0.6 is 35.4 Å². The second-order valence-corrected chi connectivity index (χ2v) is 3.55. The lowest BCUT2D eigenvalue weighted by atomic mass is 10.2. The van der Waals surface area contributed by atoms with Gasteiger partial charge in [0.2, 0.25) is 0 Å². The van der Waals surface area contributed by atoms with Gasteiger partial charge in [0.15, 0.2) is 0 Å². The molecule has 2 N–H and O–H groups in total. The Morgan fingerprint density at radius 1 is 1.58 bits per heavy atom. The average molecular weight is 221 g/mol. The summed E-state index contributed by atoms with van der Waals surface area (Å²) in [6.45, 7) is 0. The first kappa shape index (κ1) is 9.71. The molecule has 1 heterocycles. The van der Waals surface area contributed by atoms with Crippen molar-refractivity contribution in [1.29, 1.82) is 0 Å². The molecule has 0 bridgehead atoms. The van der Waals surface area contributed by atoms with Crippen molar-refractivity contribution in [3.05, 3.63) is 28.0 Å². The van der Waals surface area contributed by atoms with Crippen molar-refractivity contribution in [2.75, 3.05) is 0 Å². The highest BCUT2D eigenvalue weighted by Gasteiger charge is 2.01. The molecule has 0 aliphatic heterocycles. The van der Waals surface area contributed by atoms with Gasteiger partial charge in [-0.1, -0.05) is 35.4 Å². The van der Waals surface area contributed by atoms with Crippen LogP contribution in [0.3, 0.4) is 0 Å². The molecule has 0 aliphatic rings. The molecule has 0 unspecified atom stereocenters. The van der Waals surface area contributed by atoms with E-state index in [9.17, 15) is 0 Å². The number of rotatable bonds is 2. The maximum atomic E-state index is 5.72. The molecule has 0 spiro atoms. The molecule has 0 aromatic carbocycles. The normalized spacial score (nSPS) is 9.83. The van der Waals surface area contributed by atoms with Crippen molar-refractivity contribution in [2.24, 2.45) is 5.73 Å². The van der Waals surface area contributed by atoms with E-state index in [0.717, 1.165) is 5.56 Å². The Morgan fingerprint density at radius 2 is 2.25 bits per heavy atom. The predicted octanol–water partition coefficient (Wildman–Crippen LogP) is 2.22. The van der Waals surface area contributed by atoms with E-state index in [4.69, 9.17) is 41.2 Å². The van der Waals surface area contributed by atoms with Gasteiger partial charge in [-0.15, -0.1) is 0 Å². The van der Waals surface area contributed by atoms with E-state index in [1.165, 1.54) is 0 Å². The maximum absolute atomic E-state index is 5.72. The number of hydrogen-bond donors (Lipinski definition) is 1. The van der Waals surface area contributed by atoms with Crippen LogP contribution in [0.25, 0.3) is 0 Å². The Bertz CT molecular complexity index is 314. The smallest absolute Gasteiger partial charge is 0.147 e. The van der Waals surface area contributed by atoms with E-state index in [2.05, 4.69) is 4.98 Å². The summed E-state index contributed by atoms with van der Waals surface area (Å²) in [7, 11) is 0. The fourth-order valence-corrected chi connectivity index (χ4v) is 1.22. The van der Waals surface area contributed by atoms with Crippen molar-refractivity contribution in [3.8, 4) is 0 Å². The molecule has 5 heteroatoms. The summed E-state index contributed by atoms with van der Waals surface area (Å²) < 4.78 is 0. The summed E-state index contributed by atoms with van der Waals surface area (Å²) in [4.78, 5) is 4.26. The zero-order valence-electron chi connectivity index (χ0n) is 6.05. The van der Waals surface area contributed by atoms with Gasteiger partial charge >= 0.3 is 0 Å². The van der Waals surface area contributed by atoms with Crippen LogP contribution in [-0.4, -0.2) is 9.97 Å². The van der Waals surface area contributed by atoms with Crippen molar-refractivity contribution in [1.82, 2.24) is 4.98 Å². The fraction of sp³-hybridized carbons (Fsp3) is 0.143. The van der Waals surface area contributed by atoms with Gasteiger partial charge in [0.05, 0.1) is 10.0 Å². The Balaban J connectivity index is 2.89. The highest BCUT2D eigenvalue weighted by Crippen LogP contribution is 2.19. The number of hydrogen-bond acceptors (Lipinski definition) is 2. The van der Waals surface area contributed by atoms with Crippen LogP contribution in [0.2, 0.25) is 10.2 Å². The minimum absolute atomic E-state index is 0.295. The number of pyridine rings is 1. The monoisotopic (exact) mass is 220 g/mol. The van der Waals surface area contributed by atoms with Gasteiger partial charge in [0.25, 0.3) is 0 Å². The van der Waals surface area contributed by atoms with Gasteiger partial charge in [-0.25, -0.2) is 4.98 Å².